The largest absolute Gasteiger partial charge is 0.354 e. The second-order valence-electron chi connectivity index (χ2n) is 8.95. The summed E-state index contributed by atoms with van der Waals surface area (Å²) in [5, 5.41) is 9.19. The molecule has 2 atom stereocenters. The van der Waals surface area contributed by atoms with Crippen LogP contribution in [-0.2, 0) is 4.79 Å². The highest BCUT2D eigenvalue weighted by Gasteiger charge is 2.21. The van der Waals surface area contributed by atoms with Crippen molar-refractivity contribution in [2.24, 2.45) is 11.3 Å². The zero-order valence-electron chi connectivity index (χ0n) is 18.9. The van der Waals surface area contributed by atoms with Gasteiger partial charge in [0.2, 0.25) is 5.91 Å². The highest BCUT2D eigenvalue weighted by Crippen LogP contribution is 2.24. The average Bonchev–Trinajstić information content (AvgIpc) is 2.79. The van der Waals surface area contributed by atoms with Gasteiger partial charge in [0, 0.05) is 30.5 Å². The van der Waals surface area contributed by atoms with Gasteiger partial charge in [-0.25, -0.2) is 0 Å². The molecular formula is C28H34N2O. The van der Waals surface area contributed by atoms with Gasteiger partial charge in [-0.2, -0.15) is 0 Å². The molecule has 31 heavy (non-hydrogen) atoms. The van der Waals surface area contributed by atoms with Crippen LogP contribution in [0.5, 0.6) is 0 Å². The van der Waals surface area contributed by atoms with Crippen LogP contribution in [0.4, 0.5) is 0 Å². The van der Waals surface area contributed by atoms with E-state index in [0.717, 1.165) is 25.8 Å². The zero-order chi connectivity index (χ0) is 22.1. The van der Waals surface area contributed by atoms with Gasteiger partial charge in [0.25, 0.3) is 0 Å². The van der Waals surface area contributed by atoms with Gasteiger partial charge in [-0.3, -0.25) is 4.79 Å². The van der Waals surface area contributed by atoms with Crippen LogP contribution in [0.2, 0.25) is 0 Å². The highest BCUT2D eigenvalue weighted by molar-refractivity contribution is 5.86. The fraction of sp³-hybridized carbons (Fsp3) is 0.393. The Morgan fingerprint density at radius 3 is 2.81 bits per heavy atom. The molecule has 1 aliphatic rings. The van der Waals surface area contributed by atoms with E-state index in [1.807, 2.05) is 6.08 Å². The van der Waals surface area contributed by atoms with Gasteiger partial charge in [-0.1, -0.05) is 72.5 Å². The molecule has 0 bridgehead atoms. The Hall–Kier alpha value is -2.83. The van der Waals surface area contributed by atoms with Gasteiger partial charge in [0.15, 0.2) is 0 Å². The van der Waals surface area contributed by atoms with Crippen LogP contribution in [0.3, 0.4) is 0 Å². The van der Waals surface area contributed by atoms with Crippen molar-refractivity contribution in [1.82, 2.24) is 10.6 Å². The highest BCUT2D eigenvalue weighted by atomic mass is 16.1. The number of carbonyl (C=O) groups is 1. The second kappa shape index (κ2) is 11.0. The summed E-state index contributed by atoms with van der Waals surface area (Å²) in [7, 11) is 0. The van der Waals surface area contributed by atoms with Gasteiger partial charge >= 0.3 is 0 Å². The molecule has 0 aromatic heterocycles. The first-order valence-corrected chi connectivity index (χ1v) is 11.3. The lowest BCUT2D eigenvalue weighted by molar-refractivity contribution is -0.125. The van der Waals surface area contributed by atoms with E-state index in [-0.39, 0.29) is 23.3 Å². The molecular weight excluding hydrogens is 380 g/mol. The summed E-state index contributed by atoms with van der Waals surface area (Å²) in [5.74, 6) is 6.68. The van der Waals surface area contributed by atoms with Crippen molar-refractivity contribution in [3.05, 3.63) is 72.3 Å². The summed E-state index contributed by atoms with van der Waals surface area (Å²) in [6.45, 7) is 7.65. The van der Waals surface area contributed by atoms with Crippen LogP contribution in [0.25, 0.3) is 10.8 Å². The van der Waals surface area contributed by atoms with Gasteiger partial charge in [-0.15, -0.1) is 0 Å². The molecule has 0 heterocycles. The fourth-order valence-corrected chi connectivity index (χ4v) is 3.87. The number of benzene rings is 2. The first-order chi connectivity index (χ1) is 15.0. The van der Waals surface area contributed by atoms with Crippen LogP contribution in [-0.4, -0.2) is 19.0 Å². The molecule has 1 unspecified atom stereocenters. The maximum absolute atomic E-state index is 12.3. The second-order valence-corrected chi connectivity index (χ2v) is 8.95. The van der Waals surface area contributed by atoms with Gasteiger partial charge in [-0.05, 0) is 62.4 Å². The molecule has 2 aromatic rings. The number of carbonyl (C=O) groups excluding carboxylic acids is 1. The topological polar surface area (TPSA) is 41.1 Å². The van der Waals surface area contributed by atoms with E-state index in [2.05, 4.69) is 104 Å². The molecule has 0 fully saturated rings. The van der Waals surface area contributed by atoms with Crippen molar-refractivity contribution in [3.63, 3.8) is 0 Å². The van der Waals surface area contributed by atoms with Gasteiger partial charge in [0.1, 0.15) is 0 Å². The normalized spacial score (nSPS) is 17.3. The number of hydrogen-bond acceptors (Lipinski definition) is 2. The third-order valence-corrected chi connectivity index (χ3v) is 5.79. The van der Waals surface area contributed by atoms with E-state index in [0.29, 0.717) is 6.54 Å². The lowest BCUT2D eigenvalue weighted by Crippen LogP contribution is -2.37. The summed E-state index contributed by atoms with van der Waals surface area (Å²) < 4.78 is 0. The summed E-state index contributed by atoms with van der Waals surface area (Å²) in [6, 6.07) is 15.2. The first-order valence-electron chi connectivity index (χ1n) is 11.3. The summed E-state index contributed by atoms with van der Waals surface area (Å²) in [6.07, 6.45) is 11.0. The third kappa shape index (κ3) is 6.84. The minimum absolute atomic E-state index is 0.114. The van der Waals surface area contributed by atoms with Crippen LogP contribution >= 0.6 is 0 Å². The zero-order valence-corrected chi connectivity index (χ0v) is 18.9. The number of fused-ring (bicyclic) bond motifs is 1. The van der Waals surface area contributed by atoms with E-state index in [1.54, 1.807) is 0 Å². The maximum Gasteiger partial charge on any atom is 0.223 e. The van der Waals surface area contributed by atoms with Crippen molar-refractivity contribution >= 4 is 16.7 Å². The number of allylic oxidation sites excluding steroid dienone is 3. The van der Waals surface area contributed by atoms with Crippen molar-refractivity contribution < 1.29 is 4.79 Å². The SMILES string of the molecule is C[C@@H](NC/C=C/C#CC(C)(C)CNC(=O)C1CC=CCC1)c1cccc2ccccc12. The minimum Gasteiger partial charge on any atom is -0.354 e. The maximum atomic E-state index is 12.3. The molecule has 0 radical (unpaired) electrons. The summed E-state index contributed by atoms with van der Waals surface area (Å²) in [4.78, 5) is 12.3. The predicted octanol–water partition coefficient (Wildman–Crippen LogP) is 5.55. The molecule has 0 saturated carbocycles. The molecule has 3 nitrogen and oxygen atoms in total. The van der Waals surface area contributed by atoms with E-state index in [9.17, 15) is 4.79 Å². The van der Waals surface area contributed by atoms with Crippen molar-refractivity contribution in [1.29, 1.82) is 0 Å². The fourth-order valence-electron chi connectivity index (χ4n) is 3.87. The number of amides is 1. The van der Waals surface area contributed by atoms with E-state index >= 15 is 0 Å². The third-order valence-electron chi connectivity index (χ3n) is 5.79. The number of hydrogen-bond donors (Lipinski definition) is 2. The predicted molar refractivity (Wildman–Crippen MR) is 131 cm³/mol. The number of rotatable bonds is 7. The molecule has 2 aromatic carbocycles. The first kappa shape index (κ1) is 22.8. The smallest absolute Gasteiger partial charge is 0.223 e. The van der Waals surface area contributed by atoms with Crippen molar-refractivity contribution in [2.45, 2.75) is 46.1 Å². The Morgan fingerprint density at radius 2 is 2.00 bits per heavy atom. The molecule has 1 amide bonds. The number of nitrogens with one attached hydrogen (secondary N) is 2. The Kier molecular flexibility index (Phi) is 8.09. The van der Waals surface area contributed by atoms with Gasteiger partial charge < -0.3 is 10.6 Å². The molecule has 3 heteroatoms. The van der Waals surface area contributed by atoms with E-state index in [1.165, 1.54) is 16.3 Å². The average molecular weight is 415 g/mol. The summed E-state index contributed by atoms with van der Waals surface area (Å²) >= 11 is 0. The quantitative estimate of drug-likeness (QED) is 0.461. The van der Waals surface area contributed by atoms with Crippen LogP contribution in [0, 0.1) is 23.2 Å². The van der Waals surface area contributed by atoms with Crippen molar-refractivity contribution in [2.75, 3.05) is 13.1 Å². The summed E-state index contributed by atoms with van der Waals surface area (Å²) in [5.41, 5.74) is 1.05. The Labute approximate surface area is 187 Å². The van der Waals surface area contributed by atoms with E-state index < -0.39 is 0 Å². The lowest BCUT2D eigenvalue weighted by Gasteiger charge is -2.22. The van der Waals surface area contributed by atoms with E-state index in [4.69, 9.17) is 0 Å². The Bertz CT molecular complexity index is 1000. The Morgan fingerprint density at radius 1 is 1.19 bits per heavy atom. The molecule has 0 spiro atoms. The van der Waals surface area contributed by atoms with Crippen LogP contribution in [0.15, 0.2) is 66.8 Å². The minimum atomic E-state index is -0.256. The molecule has 162 valence electrons. The van der Waals surface area contributed by atoms with Crippen LogP contribution < -0.4 is 10.6 Å². The molecule has 0 aliphatic heterocycles. The van der Waals surface area contributed by atoms with Crippen molar-refractivity contribution in [3.8, 4) is 11.8 Å². The monoisotopic (exact) mass is 414 g/mol. The standard InChI is InChI=1S/C28H34N2O/c1-22(25-18-12-16-23-13-8-9-17-26(23)25)29-20-11-5-10-19-28(2,3)21-30-27(31)24-14-6-4-7-15-24/h4-6,8-9,11-13,16-18,22,24,29H,7,14-15,20-21H2,1-3H3,(H,30,31)/b11-5+/t22-,24?/m1/s1. The lowest BCUT2D eigenvalue weighted by atomic mass is 9.91. The van der Waals surface area contributed by atoms with Gasteiger partial charge in [0.05, 0.1) is 0 Å². The molecule has 0 saturated heterocycles. The molecule has 2 N–H and O–H groups in total. The molecule has 1 aliphatic carbocycles. The van der Waals surface area contributed by atoms with Crippen LogP contribution in [0.1, 0.15) is 51.6 Å². The molecule has 3 rings (SSSR count). The Balaban J connectivity index is 1.45.